The molecule has 0 bridgehead atoms. The van der Waals surface area contributed by atoms with Crippen LogP contribution in [0.4, 0.5) is 10.5 Å². The number of carbonyl (C=O) groups excluding carboxylic acids is 2. The number of rotatable bonds is 5. The second-order valence-corrected chi connectivity index (χ2v) is 6.75. The number of urea groups is 1. The van der Waals surface area contributed by atoms with Gasteiger partial charge in [0, 0.05) is 9.79 Å². The topological polar surface area (TPSA) is 116 Å². The first-order valence-corrected chi connectivity index (χ1v) is 8.55. The van der Waals surface area contributed by atoms with Crippen LogP contribution < -0.4 is 16.8 Å². The Morgan fingerprint density at radius 2 is 1.81 bits per heavy atom. The molecule has 0 radical (unpaired) electrons. The van der Waals surface area contributed by atoms with Gasteiger partial charge in [-0.05, 0) is 43.3 Å². The van der Waals surface area contributed by atoms with E-state index in [1.165, 1.54) is 16.4 Å². The highest BCUT2D eigenvalue weighted by Crippen LogP contribution is 2.29. The molecule has 0 aliphatic rings. The maximum absolute atomic E-state index is 11.5. The molecule has 1 heterocycles. The van der Waals surface area contributed by atoms with Crippen LogP contribution in [0.1, 0.15) is 16.1 Å². The summed E-state index contributed by atoms with van der Waals surface area (Å²) in [6, 6.07) is 15.1. The molecule has 3 aromatic rings. The molecular formula is C18H17N5O2S. The summed E-state index contributed by atoms with van der Waals surface area (Å²) < 4.78 is 1.46. The standard InChI is InChI=1S/C18H17N5O2S/c1-11-3-2-4-14(9-11)26-13-7-5-12(6-8-13)23-10-15(21-18(20)25)16(22-23)17(19)24/h2-10H,1H3,(H2,19,24)(H3,20,21,25). The van der Waals surface area contributed by atoms with E-state index in [-0.39, 0.29) is 11.4 Å². The molecule has 0 saturated heterocycles. The number of primary amides is 2. The van der Waals surface area contributed by atoms with Crippen molar-refractivity contribution in [3.63, 3.8) is 0 Å². The highest BCUT2D eigenvalue weighted by Gasteiger charge is 2.16. The fraction of sp³-hybridized carbons (Fsp3) is 0.0556. The number of carbonyl (C=O) groups is 2. The first-order chi connectivity index (χ1) is 12.4. The first kappa shape index (κ1) is 17.6. The van der Waals surface area contributed by atoms with Gasteiger partial charge < -0.3 is 16.8 Å². The molecular weight excluding hydrogens is 350 g/mol. The zero-order valence-electron chi connectivity index (χ0n) is 14.0. The zero-order chi connectivity index (χ0) is 18.7. The van der Waals surface area contributed by atoms with E-state index in [9.17, 15) is 9.59 Å². The number of hydrogen-bond acceptors (Lipinski definition) is 4. The fourth-order valence-electron chi connectivity index (χ4n) is 2.39. The summed E-state index contributed by atoms with van der Waals surface area (Å²) in [5, 5.41) is 6.47. The Hall–Kier alpha value is -3.26. The average molecular weight is 367 g/mol. The molecule has 8 heteroatoms. The summed E-state index contributed by atoms with van der Waals surface area (Å²) in [5.41, 5.74) is 12.4. The van der Waals surface area contributed by atoms with Crippen molar-refractivity contribution in [3.05, 3.63) is 66.0 Å². The lowest BCUT2D eigenvalue weighted by molar-refractivity contribution is 0.0996. The van der Waals surface area contributed by atoms with Gasteiger partial charge in [-0.25, -0.2) is 9.48 Å². The maximum Gasteiger partial charge on any atom is 0.316 e. The summed E-state index contributed by atoms with van der Waals surface area (Å²) in [6.07, 6.45) is 1.49. The van der Waals surface area contributed by atoms with E-state index >= 15 is 0 Å². The number of anilines is 1. The van der Waals surface area contributed by atoms with E-state index in [1.54, 1.807) is 11.8 Å². The van der Waals surface area contributed by atoms with E-state index in [4.69, 9.17) is 11.5 Å². The summed E-state index contributed by atoms with van der Waals surface area (Å²) in [5.74, 6) is -0.751. The van der Waals surface area contributed by atoms with Crippen molar-refractivity contribution in [2.45, 2.75) is 16.7 Å². The molecule has 0 unspecified atom stereocenters. The van der Waals surface area contributed by atoms with Gasteiger partial charge in [-0.15, -0.1) is 0 Å². The highest BCUT2D eigenvalue weighted by atomic mass is 32.2. The predicted molar refractivity (Wildman–Crippen MR) is 101 cm³/mol. The van der Waals surface area contributed by atoms with E-state index in [0.717, 1.165) is 15.5 Å². The van der Waals surface area contributed by atoms with E-state index in [2.05, 4.69) is 35.5 Å². The van der Waals surface area contributed by atoms with Crippen LogP contribution in [0.15, 0.2) is 64.5 Å². The van der Waals surface area contributed by atoms with Gasteiger partial charge in [-0.3, -0.25) is 4.79 Å². The summed E-state index contributed by atoms with van der Waals surface area (Å²) in [4.78, 5) is 24.8. The Morgan fingerprint density at radius 3 is 2.42 bits per heavy atom. The molecule has 0 fully saturated rings. The highest BCUT2D eigenvalue weighted by molar-refractivity contribution is 7.99. The largest absolute Gasteiger partial charge is 0.364 e. The molecule has 5 N–H and O–H groups in total. The van der Waals surface area contributed by atoms with Crippen LogP contribution in [0, 0.1) is 6.92 Å². The second kappa shape index (κ2) is 7.32. The van der Waals surface area contributed by atoms with Gasteiger partial charge in [0.1, 0.15) is 0 Å². The SMILES string of the molecule is Cc1cccc(Sc2ccc(-n3cc(NC(N)=O)c(C(N)=O)n3)cc2)c1. The van der Waals surface area contributed by atoms with Crippen LogP contribution in [-0.4, -0.2) is 21.7 Å². The normalized spacial score (nSPS) is 10.5. The monoisotopic (exact) mass is 367 g/mol. The summed E-state index contributed by atoms with van der Waals surface area (Å²) >= 11 is 1.65. The number of aromatic nitrogens is 2. The van der Waals surface area contributed by atoms with Crippen molar-refractivity contribution in [1.29, 1.82) is 0 Å². The van der Waals surface area contributed by atoms with Crippen LogP contribution in [0.2, 0.25) is 0 Å². The predicted octanol–water partition coefficient (Wildman–Crippen LogP) is 2.92. The van der Waals surface area contributed by atoms with Gasteiger partial charge in [0.2, 0.25) is 0 Å². The van der Waals surface area contributed by atoms with Crippen LogP contribution in [0.3, 0.4) is 0 Å². The molecule has 1 aromatic heterocycles. The zero-order valence-corrected chi connectivity index (χ0v) is 14.8. The Kier molecular flexibility index (Phi) is 4.94. The second-order valence-electron chi connectivity index (χ2n) is 5.60. The molecule has 3 amide bonds. The maximum atomic E-state index is 11.5. The summed E-state index contributed by atoms with van der Waals surface area (Å²) in [7, 11) is 0. The van der Waals surface area contributed by atoms with Crippen LogP contribution >= 0.6 is 11.8 Å². The Bertz CT molecular complexity index is 966. The van der Waals surface area contributed by atoms with Gasteiger partial charge in [0.25, 0.3) is 5.91 Å². The van der Waals surface area contributed by atoms with Crippen molar-refractivity contribution in [1.82, 2.24) is 9.78 Å². The number of nitrogens with zero attached hydrogens (tertiary/aromatic N) is 2. The van der Waals surface area contributed by atoms with Gasteiger partial charge in [-0.2, -0.15) is 5.10 Å². The number of hydrogen-bond donors (Lipinski definition) is 3. The van der Waals surface area contributed by atoms with Crippen molar-refractivity contribution in [3.8, 4) is 5.69 Å². The molecule has 7 nitrogen and oxygen atoms in total. The fourth-order valence-corrected chi connectivity index (χ4v) is 3.33. The van der Waals surface area contributed by atoms with Crippen LogP contribution in [-0.2, 0) is 0 Å². The number of aryl methyl sites for hydroxylation is 1. The minimum Gasteiger partial charge on any atom is -0.364 e. The van der Waals surface area contributed by atoms with Gasteiger partial charge in [0.15, 0.2) is 5.69 Å². The van der Waals surface area contributed by atoms with Gasteiger partial charge >= 0.3 is 6.03 Å². The number of nitrogens with one attached hydrogen (secondary N) is 1. The third kappa shape index (κ3) is 4.04. The van der Waals surface area contributed by atoms with Crippen molar-refractivity contribution < 1.29 is 9.59 Å². The molecule has 132 valence electrons. The number of benzene rings is 2. The van der Waals surface area contributed by atoms with Gasteiger partial charge in [-0.1, -0.05) is 29.5 Å². The van der Waals surface area contributed by atoms with Crippen LogP contribution in [0.25, 0.3) is 5.69 Å². The Morgan fingerprint density at radius 1 is 1.08 bits per heavy atom. The molecule has 0 spiro atoms. The van der Waals surface area contributed by atoms with Crippen molar-refractivity contribution >= 4 is 29.4 Å². The molecule has 26 heavy (non-hydrogen) atoms. The minimum absolute atomic E-state index is 0.0537. The molecule has 0 atom stereocenters. The molecule has 0 saturated carbocycles. The quantitative estimate of drug-likeness (QED) is 0.643. The van der Waals surface area contributed by atoms with E-state index in [0.29, 0.717) is 0 Å². The van der Waals surface area contributed by atoms with E-state index in [1.807, 2.05) is 30.3 Å². The van der Waals surface area contributed by atoms with Crippen molar-refractivity contribution in [2.24, 2.45) is 11.5 Å². The third-order valence-corrected chi connectivity index (χ3v) is 4.53. The first-order valence-electron chi connectivity index (χ1n) is 7.73. The molecule has 3 rings (SSSR count). The lowest BCUT2D eigenvalue weighted by atomic mass is 10.2. The van der Waals surface area contributed by atoms with E-state index < -0.39 is 11.9 Å². The molecule has 2 aromatic carbocycles. The number of nitrogens with two attached hydrogens (primary N) is 2. The Labute approximate surface area is 154 Å². The molecule has 0 aliphatic heterocycles. The van der Waals surface area contributed by atoms with Crippen LogP contribution in [0.5, 0.6) is 0 Å². The average Bonchev–Trinajstić information content (AvgIpc) is 2.99. The lowest BCUT2D eigenvalue weighted by Gasteiger charge is -2.05. The third-order valence-electron chi connectivity index (χ3n) is 3.53. The Balaban J connectivity index is 1.84. The van der Waals surface area contributed by atoms with Crippen molar-refractivity contribution in [2.75, 3.05) is 5.32 Å². The minimum atomic E-state index is -0.794. The summed E-state index contributed by atoms with van der Waals surface area (Å²) in [6.45, 7) is 2.05. The smallest absolute Gasteiger partial charge is 0.316 e. The van der Waals surface area contributed by atoms with Gasteiger partial charge in [0.05, 0.1) is 17.6 Å². The molecule has 0 aliphatic carbocycles. The lowest BCUT2D eigenvalue weighted by Crippen LogP contribution is -2.22. The number of amides is 3.